The zero-order chi connectivity index (χ0) is 19.7. The zero-order valence-electron chi connectivity index (χ0n) is 15.3. The van der Waals surface area contributed by atoms with E-state index in [0.29, 0.717) is 23.7 Å². The van der Waals surface area contributed by atoms with Crippen molar-refractivity contribution in [1.29, 1.82) is 0 Å². The third kappa shape index (κ3) is 4.51. The fourth-order valence-corrected chi connectivity index (χ4v) is 3.85. The molecule has 1 aromatic heterocycles. The van der Waals surface area contributed by atoms with E-state index in [9.17, 15) is 13.2 Å². The number of benzene rings is 1. The number of hydrogen-bond donors (Lipinski definition) is 2. The number of hydrogen-bond acceptors (Lipinski definition) is 4. The second-order valence-corrected chi connectivity index (χ2v) is 7.95. The number of alkyl halides is 3. The van der Waals surface area contributed by atoms with Crippen molar-refractivity contribution < 1.29 is 13.2 Å². The quantitative estimate of drug-likeness (QED) is 0.589. The molecule has 2 aliphatic carbocycles. The first-order valence-corrected chi connectivity index (χ1v) is 10.1. The maximum atomic E-state index is 13.4. The van der Waals surface area contributed by atoms with Crippen molar-refractivity contribution in [2.45, 2.75) is 63.1 Å². The second kappa shape index (κ2) is 7.78. The van der Waals surface area contributed by atoms with Gasteiger partial charge in [-0.2, -0.15) is 18.2 Å². The highest BCUT2D eigenvalue weighted by molar-refractivity contribution is 6.33. The van der Waals surface area contributed by atoms with Gasteiger partial charge in [0, 0.05) is 18.0 Å². The average molecular weight is 411 g/mol. The molecule has 2 aliphatic rings. The van der Waals surface area contributed by atoms with Crippen LogP contribution < -0.4 is 10.6 Å². The highest BCUT2D eigenvalue weighted by Gasteiger charge is 2.35. The molecule has 2 aromatic rings. The summed E-state index contributed by atoms with van der Waals surface area (Å²) in [6.45, 7) is 0. The summed E-state index contributed by atoms with van der Waals surface area (Å²) in [4.78, 5) is 9.05. The largest absolute Gasteiger partial charge is 0.418 e. The van der Waals surface area contributed by atoms with Gasteiger partial charge >= 0.3 is 6.18 Å². The Bertz CT molecular complexity index is 846. The van der Waals surface area contributed by atoms with Gasteiger partial charge in [-0.3, -0.25) is 0 Å². The van der Waals surface area contributed by atoms with Crippen molar-refractivity contribution in [2.75, 3.05) is 10.6 Å². The third-order valence-electron chi connectivity index (χ3n) is 5.25. The molecule has 0 atom stereocenters. The molecule has 1 heterocycles. The van der Waals surface area contributed by atoms with Crippen LogP contribution in [0.2, 0.25) is 5.02 Å². The van der Waals surface area contributed by atoms with Crippen LogP contribution in [-0.4, -0.2) is 16.0 Å². The molecule has 0 spiro atoms. The van der Waals surface area contributed by atoms with Crippen LogP contribution in [0, 0.1) is 0 Å². The standard InChI is InChI=1S/C20H22ClF3N4/c21-15-8-4-7-14(20(22,23)24)18(15)27-17-11-16(12-9-10-12)26-19(28-17)25-13-5-2-1-3-6-13/h4,7-8,11-13H,1-3,5-6,9-10H2,(H2,25,26,27,28). The molecule has 2 saturated carbocycles. The summed E-state index contributed by atoms with van der Waals surface area (Å²) >= 11 is 6.07. The second-order valence-electron chi connectivity index (χ2n) is 7.54. The minimum atomic E-state index is -4.51. The van der Waals surface area contributed by atoms with Crippen molar-refractivity contribution in [3.05, 3.63) is 40.5 Å². The lowest BCUT2D eigenvalue weighted by molar-refractivity contribution is -0.136. The Labute approximate surface area is 166 Å². The van der Waals surface area contributed by atoms with E-state index in [1.54, 1.807) is 6.07 Å². The molecule has 8 heteroatoms. The molecule has 4 nitrogen and oxygen atoms in total. The number of rotatable bonds is 5. The summed E-state index contributed by atoms with van der Waals surface area (Å²) < 4.78 is 40.2. The molecular formula is C20H22ClF3N4. The van der Waals surface area contributed by atoms with Gasteiger partial charge in [0.25, 0.3) is 0 Å². The molecule has 2 N–H and O–H groups in total. The Hall–Kier alpha value is -2.02. The predicted octanol–water partition coefficient (Wildman–Crippen LogP) is 6.51. The Balaban J connectivity index is 1.64. The summed E-state index contributed by atoms with van der Waals surface area (Å²) in [7, 11) is 0. The third-order valence-corrected chi connectivity index (χ3v) is 5.57. The summed E-state index contributed by atoms with van der Waals surface area (Å²) in [6.07, 6.45) is 3.26. The molecule has 150 valence electrons. The molecule has 4 rings (SSSR count). The number of halogens is 4. The monoisotopic (exact) mass is 410 g/mol. The van der Waals surface area contributed by atoms with Crippen molar-refractivity contribution in [1.82, 2.24) is 9.97 Å². The topological polar surface area (TPSA) is 49.8 Å². The van der Waals surface area contributed by atoms with Crippen LogP contribution in [-0.2, 0) is 6.18 Å². The van der Waals surface area contributed by atoms with Crippen molar-refractivity contribution in [3.8, 4) is 0 Å². The molecule has 0 unspecified atom stereocenters. The van der Waals surface area contributed by atoms with Gasteiger partial charge in [0.2, 0.25) is 5.95 Å². The van der Waals surface area contributed by atoms with Crippen LogP contribution in [0.25, 0.3) is 0 Å². The number of para-hydroxylation sites is 1. The fraction of sp³-hybridized carbons (Fsp3) is 0.500. The summed E-state index contributed by atoms with van der Waals surface area (Å²) in [5.74, 6) is 1.15. The molecule has 0 bridgehead atoms. The van der Waals surface area contributed by atoms with E-state index in [0.717, 1.165) is 37.4 Å². The normalized spacial score (nSPS) is 18.1. The van der Waals surface area contributed by atoms with Crippen LogP contribution in [0.4, 0.5) is 30.6 Å². The molecule has 0 aliphatic heterocycles. The smallest absolute Gasteiger partial charge is 0.351 e. The molecule has 28 heavy (non-hydrogen) atoms. The van der Waals surface area contributed by atoms with Gasteiger partial charge < -0.3 is 10.6 Å². The van der Waals surface area contributed by atoms with Crippen LogP contribution in [0.15, 0.2) is 24.3 Å². The predicted molar refractivity (Wildman–Crippen MR) is 104 cm³/mol. The van der Waals surface area contributed by atoms with E-state index in [-0.39, 0.29) is 10.7 Å². The molecule has 0 saturated heterocycles. The first kappa shape index (κ1) is 19.3. The van der Waals surface area contributed by atoms with E-state index in [1.807, 2.05) is 0 Å². The summed E-state index contributed by atoms with van der Waals surface area (Å²) in [6, 6.07) is 5.78. The minimum absolute atomic E-state index is 0.00296. The molecule has 0 radical (unpaired) electrons. The maximum absolute atomic E-state index is 13.4. The summed E-state index contributed by atoms with van der Waals surface area (Å²) in [5.41, 5.74) is -0.134. The number of nitrogens with one attached hydrogen (secondary N) is 2. The Kier molecular flexibility index (Phi) is 5.36. The van der Waals surface area contributed by atoms with Crippen LogP contribution >= 0.6 is 11.6 Å². The Morgan fingerprint density at radius 3 is 2.43 bits per heavy atom. The maximum Gasteiger partial charge on any atom is 0.418 e. The van der Waals surface area contributed by atoms with Gasteiger partial charge in [-0.25, -0.2) is 4.98 Å². The molecule has 2 fully saturated rings. The minimum Gasteiger partial charge on any atom is -0.351 e. The average Bonchev–Trinajstić information content (AvgIpc) is 3.48. The molecular weight excluding hydrogens is 389 g/mol. The van der Waals surface area contributed by atoms with Gasteiger partial charge in [0.1, 0.15) is 5.82 Å². The zero-order valence-corrected chi connectivity index (χ0v) is 16.1. The van der Waals surface area contributed by atoms with Gasteiger partial charge in [0.05, 0.1) is 22.0 Å². The molecule has 1 aromatic carbocycles. The first-order chi connectivity index (χ1) is 13.4. The van der Waals surface area contributed by atoms with Gasteiger partial charge in [-0.05, 0) is 37.8 Å². The van der Waals surface area contributed by atoms with Gasteiger partial charge in [-0.15, -0.1) is 0 Å². The van der Waals surface area contributed by atoms with E-state index >= 15 is 0 Å². The molecule has 0 amide bonds. The Morgan fingerprint density at radius 1 is 1.00 bits per heavy atom. The van der Waals surface area contributed by atoms with Crippen LogP contribution in [0.5, 0.6) is 0 Å². The van der Waals surface area contributed by atoms with Crippen molar-refractivity contribution in [2.24, 2.45) is 0 Å². The van der Waals surface area contributed by atoms with Crippen LogP contribution in [0.3, 0.4) is 0 Å². The fourth-order valence-electron chi connectivity index (χ4n) is 3.63. The van der Waals surface area contributed by atoms with E-state index in [1.165, 1.54) is 31.4 Å². The number of nitrogens with zero attached hydrogens (tertiary/aromatic N) is 2. The SMILES string of the molecule is FC(F)(F)c1cccc(Cl)c1Nc1cc(C2CC2)nc(NC2CCCCC2)n1. The highest BCUT2D eigenvalue weighted by Crippen LogP contribution is 2.42. The van der Waals surface area contributed by atoms with Gasteiger partial charge in [0.15, 0.2) is 0 Å². The lowest BCUT2D eigenvalue weighted by Crippen LogP contribution is -2.24. The first-order valence-electron chi connectivity index (χ1n) is 9.68. The van der Waals surface area contributed by atoms with Crippen molar-refractivity contribution in [3.63, 3.8) is 0 Å². The number of anilines is 3. The van der Waals surface area contributed by atoms with E-state index in [4.69, 9.17) is 11.6 Å². The number of aromatic nitrogens is 2. The highest BCUT2D eigenvalue weighted by atomic mass is 35.5. The lowest BCUT2D eigenvalue weighted by atomic mass is 9.96. The lowest BCUT2D eigenvalue weighted by Gasteiger charge is -2.23. The van der Waals surface area contributed by atoms with Crippen LogP contribution in [0.1, 0.15) is 62.1 Å². The summed E-state index contributed by atoms with van der Waals surface area (Å²) in [5, 5.41) is 6.18. The van der Waals surface area contributed by atoms with E-state index < -0.39 is 11.7 Å². The van der Waals surface area contributed by atoms with Gasteiger partial charge in [-0.1, -0.05) is 36.9 Å². The Morgan fingerprint density at radius 2 is 1.75 bits per heavy atom. The van der Waals surface area contributed by atoms with E-state index in [2.05, 4.69) is 20.6 Å². The van der Waals surface area contributed by atoms with Crippen molar-refractivity contribution >= 4 is 29.1 Å².